The van der Waals surface area contributed by atoms with Crippen LogP contribution >= 0.6 is 0 Å². The van der Waals surface area contributed by atoms with E-state index in [0.717, 1.165) is 39.8 Å². The monoisotopic (exact) mass is 804 g/mol. The molecule has 0 saturated carbocycles. The number of benzene rings is 6. The van der Waals surface area contributed by atoms with E-state index < -0.39 is 6.29 Å². The summed E-state index contributed by atoms with van der Waals surface area (Å²) in [4.78, 5) is 27.4. The Kier molecular flexibility index (Phi) is 14.4. The minimum atomic E-state index is -0.588. The van der Waals surface area contributed by atoms with E-state index in [4.69, 9.17) is 15.2 Å². The second-order valence-corrected chi connectivity index (χ2v) is 15.9. The van der Waals surface area contributed by atoms with E-state index in [1.54, 1.807) is 12.1 Å². The Morgan fingerprint density at radius 2 is 1.45 bits per heavy atom. The molecule has 1 fully saturated rings. The molecule has 0 aromatic heterocycles. The minimum Gasteiger partial charge on any atom is -0.397 e. The highest BCUT2D eigenvalue weighted by Crippen LogP contribution is 2.40. The van der Waals surface area contributed by atoms with Crippen LogP contribution in [0.25, 0.3) is 21.9 Å². The lowest BCUT2D eigenvalue weighted by Gasteiger charge is -2.39. The standard InChI is InChI=1S/C51H56N4O5/c1-35(40-27-26-38-13-6-7-14-42(38)29-40)55(2)33-45-31-48(39-24-22-36(34-56)23-25-39)60-51(59-45)44-17-11-16-43(30-44)41-15-10-12-37(28-41)32-53-49(57)20-4-3-5-21-50(58)54-47-19-9-8-18-46(47)52/h6-19,22-30,35,45,48,51,56H,3-5,20-21,31-34,52H2,1-2H3,(H,53,57)(H,54,58)/t35-,45-,48+,51+/m1/s1. The number of ether oxygens (including phenoxy) is 2. The number of carbonyl (C=O) groups excluding carboxylic acids is 2. The molecule has 9 heteroatoms. The smallest absolute Gasteiger partial charge is 0.224 e. The summed E-state index contributed by atoms with van der Waals surface area (Å²) in [7, 11) is 2.16. The van der Waals surface area contributed by atoms with Gasteiger partial charge in [0.15, 0.2) is 6.29 Å². The summed E-state index contributed by atoms with van der Waals surface area (Å²) < 4.78 is 13.5. The number of nitrogen functional groups attached to an aromatic ring is 1. The lowest BCUT2D eigenvalue weighted by Crippen LogP contribution is -2.38. The number of nitrogens with two attached hydrogens (primary N) is 1. The summed E-state index contributed by atoms with van der Waals surface area (Å²) in [6, 6.07) is 47.1. The zero-order valence-electron chi connectivity index (χ0n) is 34.6. The van der Waals surface area contributed by atoms with Gasteiger partial charge in [-0.2, -0.15) is 0 Å². The van der Waals surface area contributed by atoms with Crippen LogP contribution in [0, 0.1) is 0 Å². The number of hydrogen-bond acceptors (Lipinski definition) is 7. The Morgan fingerprint density at radius 3 is 2.23 bits per heavy atom. The number of fused-ring (bicyclic) bond motifs is 1. The molecule has 5 N–H and O–H groups in total. The molecule has 0 spiro atoms. The lowest BCUT2D eigenvalue weighted by molar-refractivity contribution is -0.253. The molecule has 6 aromatic rings. The Hall–Kier alpha value is -5.84. The normalized spacial score (nSPS) is 17.0. The van der Waals surface area contributed by atoms with Gasteiger partial charge >= 0.3 is 0 Å². The van der Waals surface area contributed by atoms with Gasteiger partial charge in [-0.15, -0.1) is 0 Å². The number of rotatable bonds is 17. The number of amides is 2. The van der Waals surface area contributed by atoms with Crippen molar-refractivity contribution in [3.8, 4) is 11.1 Å². The zero-order valence-corrected chi connectivity index (χ0v) is 34.6. The topological polar surface area (TPSA) is 126 Å². The van der Waals surface area contributed by atoms with Crippen molar-refractivity contribution in [2.45, 2.75) is 83.1 Å². The van der Waals surface area contributed by atoms with Crippen molar-refractivity contribution in [3.05, 3.63) is 167 Å². The van der Waals surface area contributed by atoms with Gasteiger partial charge in [0.05, 0.1) is 30.2 Å². The molecular weight excluding hydrogens is 749 g/mol. The molecule has 60 heavy (non-hydrogen) atoms. The molecule has 4 atom stereocenters. The molecule has 1 aliphatic heterocycles. The van der Waals surface area contributed by atoms with Gasteiger partial charge in [0.1, 0.15) is 0 Å². The molecule has 0 radical (unpaired) electrons. The number of aliphatic hydroxyl groups is 1. The average Bonchev–Trinajstić information content (AvgIpc) is 3.28. The molecule has 7 rings (SSSR count). The van der Waals surface area contributed by atoms with Crippen molar-refractivity contribution in [2.24, 2.45) is 0 Å². The molecule has 0 bridgehead atoms. The summed E-state index contributed by atoms with van der Waals surface area (Å²) in [5.41, 5.74) is 14.3. The van der Waals surface area contributed by atoms with Crippen LogP contribution in [0.1, 0.15) is 91.7 Å². The average molecular weight is 805 g/mol. The van der Waals surface area contributed by atoms with Gasteiger partial charge in [-0.3, -0.25) is 14.5 Å². The molecule has 1 aliphatic rings. The first-order valence-electron chi connectivity index (χ1n) is 21.0. The number of para-hydroxylation sites is 2. The highest BCUT2D eigenvalue weighted by Gasteiger charge is 2.33. The predicted octanol–water partition coefficient (Wildman–Crippen LogP) is 10.0. The van der Waals surface area contributed by atoms with Gasteiger partial charge in [0.25, 0.3) is 0 Å². The molecule has 0 aliphatic carbocycles. The number of aliphatic hydroxyl groups excluding tert-OH is 1. The van der Waals surface area contributed by atoms with Crippen molar-refractivity contribution in [3.63, 3.8) is 0 Å². The van der Waals surface area contributed by atoms with E-state index in [9.17, 15) is 14.7 Å². The second kappa shape index (κ2) is 20.4. The van der Waals surface area contributed by atoms with E-state index in [2.05, 4.69) is 102 Å². The van der Waals surface area contributed by atoms with Gasteiger partial charge in [-0.25, -0.2) is 0 Å². The Bertz CT molecular complexity index is 2360. The Balaban J connectivity index is 0.963. The fraction of sp³-hybridized carbons (Fsp3) is 0.294. The highest BCUT2D eigenvalue weighted by atomic mass is 16.7. The number of likely N-dealkylation sites (N-methyl/N-ethyl adjacent to an activating group) is 1. The fourth-order valence-corrected chi connectivity index (χ4v) is 7.82. The van der Waals surface area contributed by atoms with E-state index >= 15 is 0 Å². The maximum absolute atomic E-state index is 12.7. The Labute approximate surface area is 353 Å². The van der Waals surface area contributed by atoms with Gasteiger partial charge in [0, 0.05) is 44.0 Å². The first kappa shape index (κ1) is 42.3. The third kappa shape index (κ3) is 11.2. The van der Waals surface area contributed by atoms with Gasteiger partial charge in [-0.05, 0) is 101 Å². The Morgan fingerprint density at radius 1 is 0.733 bits per heavy atom. The van der Waals surface area contributed by atoms with Crippen molar-refractivity contribution in [2.75, 3.05) is 24.6 Å². The van der Waals surface area contributed by atoms with Gasteiger partial charge < -0.3 is 30.9 Å². The SMILES string of the molecule is C[C@H](c1ccc2ccccc2c1)N(C)C[C@H]1C[C@@H](c2ccc(CO)cc2)O[C@@H](c2cccc(-c3cccc(CNC(=O)CCCCCC(=O)Nc4ccccc4N)c3)c2)O1. The van der Waals surface area contributed by atoms with Crippen LogP contribution in [0.5, 0.6) is 0 Å². The highest BCUT2D eigenvalue weighted by molar-refractivity contribution is 5.93. The third-order valence-electron chi connectivity index (χ3n) is 11.5. The maximum atomic E-state index is 12.7. The summed E-state index contributed by atoms with van der Waals surface area (Å²) in [5.74, 6) is -0.0888. The first-order valence-corrected chi connectivity index (χ1v) is 21.0. The number of anilines is 2. The molecule has 1 heterocycles. The number of unbranched alkanes of at least 4 members (excludes halogenated alkanes) is 2. The molecule has 9 nitrogen and oxygen atoms in total. The van der Waals surface area contributed by atoms with Crippen LogP contribution in [0.3, 0.4) is 0 Å². The van der Waals surface area contributed by atoms with Crippen LogP contribution in [-0.4, -0.2) is 41.5 Å². The molecule has 6 aromatic carbocycles. The largest absolute Gasteiger partial charge is 0.397 e. The quantitative estimate of drug-likeness (QED) is 0.0534. The zero-order chi connectivity index (χ0) is 41.8. The first-order chi connectivity index (χ1) is 29.2. The van der Waals surface area contributed by atoms with Crippen molar-refractivity contribution < 1.29 is 24.2 Å². The van der Waals surface area contributed by atoms with Crippen molar-refractivity contribution in [1.82, 2.24) is 10.2 Å². The number of hydrogen-bond donors (Lipinski definition) is 4. The summed E-state index contributed by atoms with van der Waals surface area (Å²) in [6.45, 7) is 3.37. The molecular formula is C51H56N4O5. The molecule has 2 amide bonds. The van der Waals surface area contributed by atoms with E-state index in [0.29, 0.717) is 56.6 Å². The number of carbonyl (C=O) groups is 2. The summed E-state index contributed by atoms with van der Waals surface area (Å²) in [6.07, 6.45) is 2.79. The van der Waals surface area contributed by atoms with E-state index in [-0.39, 0.29) is 36.7 Å². The number of nitrogens with zero attached hydrogens (tertiary/aromatic N) is 1. The molecule has 310 valence electrons. The fourth-order valence-electron chi connectivity index (χ4n) is 7.82. The van der Waals surface area contributed by atoms with Crippen LogP contribution < -0.4 is 16.4 Å². The van der Waals surface area contributed by atoms with Gasteiger partial charge in [-0.1, -0.05) is 116 Å². The van der Waals surface area contributed by atoms with Crippen LogP contribution in [0.4, 0.5) is 11.4 Å². The van der Waals surface area contributed by atoms with E-state index in [1.165, 1.54) is 16.3 Å². The van der Waals surface area contributed by atoms with Crippen LogP contribution in [0.2, 0.25) is 0 Å². The predicted molar refractivity (Wildman–Crippen MR) is 240 cm³/mol. The van der Waals surface area contributed by atoms with Crippen LogP contribution in [0.15, 0.2) is 140 Å². The molecule has 1 saturated heterocycles. The number of nitrogens with one attached hydrogen (secondary N) is 2. The van der Waals surface area contributed by atoms with Gasteiger partial charge in [0.2, 0.25) is 11.8 Å². The summed E-state index contributed by atoms with van der Waals surface area (Å²) >= 11 is 0. The molecule has 0 unspecified atom stereocenters. The second-order valence-electron chi connectivity index (χ2n) is 15.9. The van der Waals surface area contributed by atoms with Crippen LogP contribution in [-0.2, 0) is 32.2 Å². The van der Waals surface area contributed by atoms with Crippen molar-refractivity contribution in [1.29, 1.82) is 0 Å². The third-order valence-corrected chi connectivity index (χ3v) is 11.5. The summed E-state index contributed by atoms with van der Waals surface area (Å²) in [5, 5.41) is 18.1. The minimum absolute atomic E-state index is 0.00640. The van der Waals surface area contributed by atoms with E-state index in [1.807, 2.05) is 54.6 Å². The van der Waals surface area contributed by atoms with Crippen molar-refractivity contribution >= 4 is 34.0 Å². The maximum Gasteiger partial charge on any atom is 0.224 e. The lowest BCUT2D eigenvalue weighted by atomic mass is 9.97.